The first-order valence-electron chi connectivity index (χ1n) is 17.6. The zero-order chi connectivity index (χ0) is 33.0. The molecule has 5 nitrogen and oxygen atoms in total. The molecular weight excluding hydrogens is 603 g/mol. The van der Waals surface area contributed by atoms with Crippen LogP contribution in [0, 0.1) is 5.92 Å². The number of thiocarbonyl (C=S) groups is 1. The molecule has 1 atom stereocenters. The summed E-state index contributed by atoms with van der Waals surface area (Å²) >= 11 is 5.76. The van der Waals surface area contributed by atoms with Gasteiger partial charge in [0.2, 0.25) is 5.91 Å². The summed E-state index contributed by atoms with van der Waals surface area (Å²) in [6, 6.07) is 30.8. The van der Waals surface area contributed by atoms with Crippen molar-refractivity contribution >= 4 is 23.3 Å². The molecule has 2 fully saturated rings. The van der Waals surface area contributed by atoms with Gasteiger partial charge in [-0.1, -0.05) is 130 Å². The number of carbonyl (C=O) groups excluding carboxylic acids is 1. The molecule has 2 saturated heterocycles. The monoisotopic (exact) mass is 653 g/mol. The van der Waals surface area contributed by atoms with E-state index in [1.54, 1.807) is 4.90 Å². The van der Waals surface area contributed by atoms with Crippen molar-refractivity contribution in [2.75, 3.05) is 13.2 Å². The first kappa shape index (κ1) is 35.0. The largest absolute Gasteiger partial charge is 0.452 e. The van der Waals surface area contributed by atoms with Gasteiger partial charge >= 0.3 is 0 Å². The normalized spacial score (nSPS) is 18.7. The number of hydrogen-bond acceptors (Lipinski definition) is 5. The summed E-state index contributed by atoms with van der Waals surface area (Å²) in [4.78, 5) is 15.4. The van der Waals surface area contributed by atoms with Gasteiger partial charge in [0.15, 0.2) is 11.4 Å². The van der Waals surface area contributed by atoms with Crippen molar-refractivity contribution in [3.63, 3.8) is 0 Å². The van der Waals surface area contributed by atoms with Gasteiger partial charge in [-0.25, -0.2) is 0 Å². The van der Waals surface area contributed by atoms with E-state index in [0.717, 1.165) is 75.3 Å². The maximum absolute atomic E-state index is 13.7. The maximum Gasteiger partial charge on any atom is 0.267 e. The molecular formula is C41H51NO4S. The molecule has 0 aromatic heterocycles. The predicted octanol–water partition coefficient (Wildman–Crippen LogP) is 9.54. The molecule has 0 radical (unpaired) electrons. The lowest BCUT2D eigenvalue weighted by Gasteiger charge is -2.38. The Morgan fingerprint density at radius 2 is 1.34 bits per heavy atom. The molecule has 3 aromatic carbocycles. The molecule has 47 heavy (non-hydrogen) atoms. The Labute approximate surface area is 287 Å². The Hall–Kier alpha value is -3.32. The highest BCUT2D eigenvalue weighted by molar-refractivity contribution is 7.80. The van der Waals surface area contributed by atoms with Crippen LogP contribution in [0.4, 0.5) is 0 Å². The highest BCUT2D eigenvalue weighted by Crippen LogP contribution is 2.47. The number of unbranched alkanes of at least 4 members (excludes halogenated alkanes) is 5. The lowest BCUT2D eigenvalue weighted by Crippen LogP contribution is -2.49. The zero-order valence-corrected chi connectivity index (χ0v) is 29.0. The zero-order valence-electron chi connectivity index (χ0n) is 28.2. The molecule has 5 rings (SSSR count). The third-order valence-electron chi connectivity index (χ3n) is 9.51. The Bertz CT molecular complexity index is 1380. The van der Waals surface area contributed by atoms with Gasteiger partial charge < -0.3 is 14.2 Å². The minimum atomic E-state index is -0.859. The van der Waals surface area contributed by atoms with Crippen molar-refractivity contribution in [3.05, 3.63) is 120 Å². The fourth-order valence-corrected chi connectivity index (χ4v) is 7.60. The van der Waals surface area contributed by atoms with Crippen LogP contribution in [0.2, 0.25) is 0 Å². The van der Waals surface area contributed by atoms with Gasteiger partial charge in [-0.15, -0.1) is 0 Å². The Balaban J connectivity index is 1.07. The second-order valence-electron chi connectivity index (χ2n) is 13.2. The van der Waals surface area contributed by atoms with E-state index in [4.69, 9.17) is 26.4 Å². The molecule has 0 bridgehead atoms. The molecule has 2 heterocycles. The summed E-state index contributed by atoms with van der Waals surface area (Å²) in [5, 5.41) is 0.249. The fourth-order valence-electron chi connectivity index (χ4n) is 7.25. The lowest BCUT2D eigenvalue weighted by molar-refractivity contribution is -0.168. The number of aryl methyl sites for hydroxylation is 1. The Kier molecular flexibility index (Phi) is 12.8. The van der Waals surface area contributed by atoms with Gasteiger partial charge in [0, 0.05) is 30.4 Å². The number of hydrogen-bond donors (Lipinski definition) is 0. The van der Waals surface area contributed by atoms with Gasteiger partial charge in [-0.2, -0.15) is 0 Å². The smallest absolute Gasteiger partial charge is 0.267 e. The lowest BCUT2D eigenvalue weighted by atomic mass is 9.75. The summed E-state index contributed by atoms with van der Waals surface area (Å²) in [6.45, 7) is 5.68. The van der Waals surface area contributed by atoms with Crippen molar-refractivity contribution in [1.82, 2.24) is 4.90 Å². The number of amides is 1. The standard InChI is InChI=1S/C41H51NO4S/c1-33(2)38-41(35-24-13-9-14-25-35,36-26-15-10-16-27-36)46-39(47)42(38)37(43)28-17-6-4-3-5-7-19-29-40(44-31-32-45-40)30-20-18-23-34-21-11-8-12-22-34/h6,8-17,21-22,24-27,33,38H,3-5,7,18-20,23,28-32H2,1-2H3/b17-6+/t38-/m0/s1. The van der Waals surface area contributed by atoms with Crippen LogP contribution in [0.3, 0.4) is 0 Å². The van der Waals surface area contributed by atoms with Crippen LogP contribution in [-0.2, 0) is 31.0 Å². The van der Waals surface area contributed by atoms with E-state index in [0.29, 0.717) is 19.6 Å². The number of carbonyl (C=O) groups is 1. The first-order chi connectivity index (χ1) is 23.0. The maximum atomic E-state index is 13.7. The highest BCUT2D eigenvalue weighted by atomic mass is 32.1. The van der Waals surface area contributed by atoms with Gasteiger partial charge in [0.25, 0.3) is 5.17 Å². The van der Waals surface area contributed by atoms with Crippen molar-refractivity contribution in [2.24, 2.45) is 5.92 Å². The SMILES string of the molecule is CC(C)[C@@H]1N(C(=O)C/C=C/CCCCCCC2(CCCCc3ccccc3)OCCO2)C(=S)OC1(c1ccccc1)c1ccccc1. The third-order valence-corrected chi connectivity index (χ3v) is 9.79. The van der Waals surface area contributed by atoms with Gasteiger partial charge in [-0.3, -0.25) is 9.69 Å². The Morgan fingerprint density at radius 3 is 1.94 bits per heavy atom. The van der Waals surface area contributed by atoms with E-state index in [9.17, 15) is 4.79 Å². The number of rotatable bonds is 17. The second kappa shape index (κ2) is 17.2. The van der Waals surface area contributed by atoms with Crippen LogP contribution in [-0.4, -0.2) is 41.0 Å². The van der Waals surface area contributed by atoms with E-state index >= 15 is 0 Å². The summed E-state index contributed by atoms with van der Waals surface area (Å²) in [6.07, 6.45) is 15.2. The predicted molar refractivity (Wildman–Crippen MR) is 193 cm³/mol. The molecule has 1 amide bonds. The summed E-state index contributed by atoms with van der Waals surface area (Å²) < 4.78 is 18.8. The minimum absolute atomic E-state index is 0.0238. The summed E-state index contributed by atoms with van der Waals surface area (Å²) in [7, 11) is 0. The molecule has 0 aliphatic carbocycles. The van der Waals surface area contributed by atoms with Crippen LogP contribution in [0.1, 0.15) is 94.7 Å². The molecule has 250 valence electrons. The van der Waals surface area contributed by atoms with Crippen molar-refractivity contribution in [3.8, 4) is 0 Å². The van der Waals surface area contributed by atoms with E-state index in [-0.39, 0.29) is 28.8 Å². The number of nitrogens with zero attached hydrogens (tertiary/aromatic N) is 1. The third kappa shape index (κ3) is 8.78. The molecule has 0 spiro atoms. The van der Waals surface area contributed by atoms with Crippen molar-refractivity contribution in [2.45, 2.75) is 102 Å². The van der Waals surface area contributed by atoms with E-state index in [1.165, 1.54) is 5.56 Å². The van der Waals surface area contributed by atoms with Crippen LogP contribution >= 0.6 is 12.2 Å². The van der Waals surface area contributed by atoms with Crippen molar-refractivity contribution in [1.29, 1.82) is 0 Å². The van der Waals surface area contributed by atoms with Gasteiger partial charge in [0.1, 0.15) is 0 Å². The van der Waals surface area contributed by atoms with Gasteiger partial charge in [-0.05, 0) is 62.2 Å². The molecule has 0 unspecified atom stereocenters. The average Bonchev–Trinajstić information content (AvgIpc) is 3.70. The molecule has 2 aliphatic rings. The van der Waals surface area contributed by atoms with Crippen LogP contribution in [0.15, 0.2) is 103 Å². The van der Waals surface area contributed by atoms with Crippen LogP contribution in [0.25, 0.3) is 0 Å². The highest BCUT2D eigenvalue weighted by Gasteiger charge is 2.57. The average molecular weight is 654 g/mol. The number of benzene rings is 3. The van der Waals surface area contributed by atoms with Gasteiger partial charge in [0.05, 0.1) is 19.3 Å². The van der Waals surface area contributed by atoms with Crippen LogP contribution in [0.5, 0.6) is 0 Å². The first-order valence-corrected chi connectivity index (χ1v) is 18.0. The molecule has 3 aromatic rings. The van der Waals surface area contributed by atoms with Crippen LogP contribution < -0.4 is 0 Å². The second-order valence-corrected chi connectivity index (χ2v) is 13.6. The molecule has 0 N–H and O–H groups in total. The molecule has 0 saturated carbocycles. The van der Waals surface area contributed by atoms with E-state index < -0.39 is 5.60 Å². The fraction of sp³-hybridized carbons (Fsp3) is 0.463. The Morgan fingerprint density at radius 1 is 0.787 bits per heavy atom. The number of allylic oxidation sites excluding steroid dienone is 1. The molecule has 6 heteroatoms. The topological polar surface area (TPSA) is 48.0 Å². The summed E-state index contributed by atoms with van der Waals surface area (Å²) in [5.41, 5.74) is 2.54. The molecule has 2 aliphatic heterocycles. The van der Waals surface area contributed by atoms with E-state index in [1.807, 2.05) is 42.5 Å². The minimum Gasteiger partial charge on any atom is -0.452 e. The summed E-state index contributed by atoms with van der Waals surface area (Å²) in [5.74, 6) is -0.301. The number of ether oxygens (including phenoxy) is 3. The quantitative estimate of drug-likeness (QED) is 0.0825. The van der Waals surface area contributed by atoms with Crippen molar-refractivity contribution < 1.29 is 19.0 Å². The van der Waals surface area contributed by atoms with E-state index in [2.05, 4.69) is 74.5 Å².